The van der Waals surface area contributed by atoms with Gasteiger partial charge < -0.3 is 57.6 Å². The van der Waals surface area contributed by atoms with Crippen LogP contribution in [0.1, 0.15) is 127 Å². The van der Waals surface area contributed by atoms with Gasteiger partial charge in [-0.1, -0.05) is 44.9 Å². The third-order valence-corrected chi connectivity index (χ3v) is 17.1. The van der Waals surface area contributed by atoms with Crippen molar-refractivity contribution in [2.45, 2.75) is 218 Å². The topological polar surface area (TPSA) is 167 Å². The number of ketones is 1. The zero-order chi connectivity index (χ0) is 45.8. The molecule has 3 saturated heterocycles. The van der Waals surface area contributed by atoms with Crippen LogP contribution in [0.2, 0.25) is 0 Å². The maximum Gasteiger partial charge on any atom is 0.330 e. The fourth-order valence-corrected chi connectivity index (χ4v) is 12.9. The molecule has 0 aromatic heterocycles. The SMILES string of the molecule is CO[C@H]1C[C@H](O[C@H]2CC[C@@]3(C)C(=CC[C@@H]4[C@@H]3C[C@@H](OC(=O)/C=C(/C)C(C)C)[C@]3(C)[C@@H](C(C)=O)CC[C@@]43O)C2)O[C@H](C)[C@H]1O[C@H]1C[C@H](OC)[C@H](O[C@H]2C[C@@H](OC)[C@H](O)[C@@H](C)O2)[C@@H](C)O1. The summed E-state index contributed by atoms with van der Waals surface area (Å²) in [5.41, 5.74) is 0.0106. The molecule has 14 nitrogen and oxygen atoms in total. The Bertz CT molecular complexity index is 1680. The first-order valence-corrected chi connectivity index (χ1v) is 23.8. The Morgan fingerprint density at radius 1 is 0.778 bits per heavy atom. The molecule has 3 heterocycles. The van der Waals surface area contributed by atoms with Crippen LogP contribution in [-0.2, 0) is 57.0 Å². The molecule has 0 spiro atoms. The summed E-state index contributed by atoms with van der Waals surface area (Å²) in [5, 5.41) is 23.3. The highest BCUT2D eigenvalue weighted by molar-refractivity contribution is 5.83. The molecule has 0 aromatic carbocycles. The van der Waals surface area contributed by atoms with Crippen molar-refractivity contribution in [3.8, 4) is 0 Å². The molecule has 0 bridgehead atoms. The second kappa shape index (κ2) is 19.4. The number of allylic oxidation sites excluding steroid dienone is 2. The molecule has 0 amide bonds. The summed E-state index contributed by atoms with van der Waals surface area (Å²) >= 11 is 0. The number of aliphatic hydroxyl groups excluding tert-OH is 1. The van der Waals surface area contributed by atoms with Gasteiger partial charge >= 0.3 is 5.97 Å². The van der Waals surface area contributed by atoms with E-state index in [1.165, 1.54) is 5.57 Å². The number of hydrogen-bond donors (Lipinski definition) is 2. The lowest BCUT2D eigenvalue weighted by Crippen LogP contribution is -2.66. The van der Waals surface area contributed by atoms with Crippen molar-refractivity contribution in [3.63, 3.8) is 0 Å². The molecule has 14 heteroatoms. The quantitative estimate of drug-likeness (QED) is 0.119. The molecule has 2 N–H and O–H groups in total. The highest BCUT2D eigenvalue weighted by Gasteiger charge is 2.71. The number of rotatable bonds is 13. The van der Waals surface area contributed by atoms with Gasteiger partial charge in [-0.25, -0.2) is 4.79 Å². The first-order valence-electron chi connectivity index (χ1n) is 23.8. The Balaban J connectivity index is 0.981. The van der Waals surface area contributed by atoms with Crippen molar-refractivity contribution in [2.24, 2.45) is 34.5 Å². The van der Waals surface area contributed by atoms with Crippen molar-refractivity contribution in [3.05, 3.63) is 23.3 Å². The van der Waals surface area contributed by atoms with E-state index in [2.05, 4.69) is 13.0 Å². The lowest BCUT2D eigenvalue weighted by Gasteiger charge is -2.63. The van der Waals surface area contributed by atoms with Crippen LogP contribution in [0.25, 0.3) is 0 Å². The Morgan fingerprint density at radius 3 is 1.89 bits per heavy atom. The number of methoxy groups -OCH3 is 3. The molecule has 63 heavy (non-hydrogen) atoms. The van der Waals surface area contributed by atoms with Crippen molar-refractivity contribution in [2.75, 3.05) is 21.3 Å². The van der Waals surface area contributed by atoms with Gasteiger partial charge in [-0.15, -0.1) is 0 Å². The number of aliphatic hydroxyl groups is 2. The highest BCUT2D eigenvalue weighted by atomic mass is 16.7. The van der Waals surface area contributed by atoms with E-state index in [0.717, 1.165) is 24.8 Å². The third kappa shape index (κ3) is 9.28. The fraction of sp³-hybridized carbons (Fsp3) is 0.878. The van der Waals surface area contributed by atoms with Gasteiger partial charge in [0, 0.05) is 58.0 Å². The molecule has 20 atom stereocenters. The monoisotopic (exact) mass is 891 g/mol. The average Bonchev–Trinajstić information content (AvgIpc) is 3.52. The molecule has 0 aromatic rings. The minimum Gasteiger partial charge on any atom is -0.458 e. The summed E-state index contributed by atoms with van der Waals surface area (Å²) < 4.78 is 62.5. The number of hydrogen-bond acceptors (Lipinski definition) is 14. The first kappa shape index (κ1) is 49.1. The van der Waals surface area contributed by atoms with E-state index < -0.39 is 72.5 Å². The van der Waals surface area contributed by atoms with Crippen LogP contribution in [0, 0.1) is 34.5 Å². The lowest BCUT2D eigenvalue weighted by atomic mass is 9.45. The molecule has 0 radical (unpaired) electrons. The Labute approximate surface area is 375 Å². The van der Waals surface area contributed by atoms with Gasteiger partial charge in [0.2, 0.25) is 0 Å². The fourth-order valence-electron chi connectivity index (χ4n) is 12.9. The van der Waals surface area contributed by atoms with Crippen LogP contribution in [0.5, 0.6) is 0 Å². The number of ether oxygens (including phenoxy) is 10. The molecular weight excluding hydrogens is 813 g/mol. The largest absolute Gasteiger partial charge is 0.458 e. The van der Waals surface area contributed by atoms with Crippen LogP contribution in [0.3, 0.4) is 0 Å². The van der Waals surface area contributed by atoms with E-state index in [-0.39, 0.29) is 65.4 Å². The van der Waals surface area contributed by atoms with E-state index in [4.69, 9.17) is 47.4 Å². The van der Waals surface area contributed by atoms with Gasteiger partial charge in [-0.2, -0.15) is 0 Å². The third-order valence-electron chi connectivity index (χ3n) is 17.1. The number of carbonyl (C=O) groups is 2. The van der Waals surface area contributed by atoms with Gasteiger partial charge in [0.05, 0.1) is 48.3 Å². The maximum absolute atomic E-state index is 13.5. The Kier molecular flexibility index (Phi) is 15.1. The maximum atomic E-state index is 13.5. The Hall–Kier alpha value is -1.82. The van der Waals surface area contributed by atoms with Crippen molar-refractivity contribution >= 4 is 11.8 Å². The van der Waals surface area contributed by atoms with Gasteiger partial charge in [-0.3, -0.25) is 4.79 Å². The zero-order valence-electron chi connectivity index (χ0n) is 39.9. The molecule has 0 unspecified atom stereocenters. The molecule has 358 valence electrons. The van der Waals surface area contributed by atoms with E-state index in [0.29, 0.717) is 44.9 Å². The highest BCUT2D eigenvalue weighted by Crippen LogP contribution is 2.68. The van der Waals surface area contributed by atoms with Crippen LogP contribution in [0.4, 0.5) is 0 Å². The van der Waals surface area contributed by atoms with Crippen LogP contribution in [0.15, 0.2) is 23.3 Å². The second-order valence-electron chi connectivity index (χ2n) is 20.7. The van der Waals surface area contributed by atoms with E-state index >= 15 is 0 Å². The average molecular weight is 891 g/mol. The van der Waals surface area contributed by atoms with Gasteiger partial charge in [0.1, 0.15) is 30.2 Å². The smallest absolute Gasteiger partial charge is 0.330 e. The number of fused-ring (bicyclic) bond motifs is 5. The van der Waals surface area contributed by atoms with E-state index in [1.807, 2.05) is 41.5 Å². The normalized spacial score (nSPS) is 47.9. The molecule has 7 aliphatic rings. The minimum atomic E-state index is -1.14. The molecule has 4 aliphatic carbocycles. The van der Waals surface area contributed by atoms with Crippen molar-refractivity contribution in [1.82, 2.24) is 0 Å². The van der Waals surface area contributed by atoms with Gasteiger partial charge in [0.25, 0.3) is 0 Å². The summed E-state index contributed by atoms with van der Waals surface area (Å²) in [6.45, 7) is 17.7. The van der Waals surface area contributed by atoms with Crippen LogP contribution < -0.4 is 0 Å². The van der Waals surface area contributed by atoms with Crippen molar-refractivity contribution < 1.29 is 67.2 Å². The summed E-state index contributed by atoms with van der Waals surface area (Å²) in [5.74, 6) is -0.508. The van der Waals surface area contributed by atoms with Gasteiger partial charge in [0.15, 0.2) is 18.9 Å². The van der Waals surface area contributed by atoms with Crippen LogP contribution >= 0.6 is 0 Å². The summed E-state index contributed by atoms with van der Waals surface area (Å²) in [7, 11) is 4.92. The molecule has 3 saturated carbocycles. The standard InChI is InChI=1S/C49H78O14/c1-25(2)26(3)19-40(51)61-39-21-35-34(49(53)18-16-33(27(4)50)48(39,49)9)14-13-31-20-32(15-17-47(31,35)8)60-41-23-37(55-11)45(29(6)58-41)63-43-24-38(56-12)46(30(7)59-43)62-42-22-36(54-10)44(52)28(5)57-42/h13,19,25,28-30,32-39,41-46,52-53H,14-18,20-24H2,1-12H3/b26-19-/t28-,29-,30-,32+,33-,34-,35+,36-,37+,38+,39-,41+,42+,43+,44-,45-,46-,47+,48+,49-/m1/s1. The summed E-state index contributed by atoms with van der Waals surface area (Å²) in [4.78, 5) is 26.6. The summed E-state index contributed by atoms with van der Waals surface area (Å²) in [6.07, 6.45) is 3.87. The predicted octanol–water partition coefficient (Wildman–Crippen LogP) is 6.36. The lowest BCUT2D eigenvalue weighted by molar-refractivity contribution is -0.338. The zero-order valence-corrected chi connectivity index (χ0v) is 39.9. The summed E-state index contributed by atoms with van der Waals surface area (Å²) in [6, 6.07) is 0. The van der Waals surface area contributed by atoms with Crippen molar-refractivity contribution in [1.29, 1.82) is 0 Å². The second-order valence-corrected chi connectivity index (χ2v) is 20.7. The van der Waals surface area contributed by atoms with E-state index in [9.17, 15) is 19.8 Å². The van der Waals surface area contributed by atoms with Crippen LogP contribution in [-0.4, -0.2) is 135 Å². The molecule has 6 fully saturated rings. The Morgan fingerprint density at radius 2 is 1.33 bits per heavy atom. The number of carbonyl (C=O) groups excluding carboxylic acids is 2. The van der Waals surface area contributed by atoms with E-state index in [1.54, 1.807) is 41.3 Å². The molecular formula is C49H78O14. The number of Topliss-reactive ketones (excluding diaryl/α,β-unsaturated/α-hetero) is 1. The predicted molar refractivity (Wildman–Crippen MR) is 231 cm³/mol. The molecule has 7 rings (SSSR count). The number of esters is 1. The molecule has 3 aliphatic heterocycles. The minimum absolute atomic E-state index is 0.0474. The van der Waals surface area contributed by atoms with Gasteiger partial charge in [-0.05, 0) is 103 Å². The first-order chi connectivity index (χ1) is 29.8.